The van der Waals surface area contributed by atoms with E-state index in [1.807, 2.05) is 6.07 Å². The van der Waals surface area contributed by atoms with Gasteiger partial charge in [0.2, 0.25) is 0 Å². The van der Waals surface area contributed by atoms with Gasteiger partial charge >= 0.3 is 0 Å². The predicted octanol–water partition coefficient (Wildman–Crippen LogP) is 4.21. The van der Waals surface area contributed by atoms with Crippen LogP contribution in [0.25, 0.3) is 10.9 Å². The van der Waals surface area contributed by atoms with Gasteiger partial charge in [0, 0.05) is 67.7 Å². The van der Waals surface area contributed by atoms with Crippen molar-refractivity contribution in [3.05, 3.63) is 58.5 Å². The van der Waals surface area contributed by atoms with Crippen LogP contribution >= 0.6 is 11.6 Å². The Bertz CT molecular complexity index is 1280. The number of anilines is 3. The number of nitriles is 1. The first kappa shape index (κ1) is 22.8. The van der Waals surface area contributed by atoms with Crippen LogP contribution in [0.5, 0.6) is 0 Å². The number of pyridine rings is 1. The number of nitrogen functional groups attached to an aromatic ring is 1. The van der Waals surface area contributed by atoms with E-state index in [1.165, 1.54) is 18.3 Å². The average Bonchev–Trinajstić information content (AvgIpc) is 2.81. The molecule has 1 saturated heterocycles. The average molecular weight is 463 g/mol. The van der Waals surface area contributed by atoms with Gasteiger partial charge in [0.05, 0.1) is 21.8 Å². The summed E-state index contributed by atoms with van der Waals surface area (Å²) in [5.74, 6) is 5.88. The molecule has 3 N–H and O–H groups in total. The number of benzene rings is 2. The maximum Gasteiger partial charge on any atom is 0.141 e. The van der Waals surface area contributed by atoms with Crippen LogP contribution in [0, 0.1) is 29.0 Å². The van der Waals surface area contributed by atoms with Crippen LogP contribution < -0.4 is 11.1 Å². The summed E-state index contributed by atoms with van der Waals surface area (Å²) >= 11 is 5.90. The summed E-state index contributed by atoms with van der Waals surface area (Å²) in [4.78, 5) is 9.16. The molecule has 2 aromatic carbocycles. The summed E-state index contributed by atoms with van der Waals surface area (Å²) in [6.45, 7) is 5.24. The van der Waals surface area contributed by atoms with Gasteiger partial charge in [0.1, 0.15) is 11.9 Å². The molecule has 6 nitrogen and oxygen atoms in total. The van der Waals surface area contributed by atoms with Crippen molar-refractivity contribution >= 4 is 39.6 Å². The number of nitrogens with zero attached hydrogens (tertiary/aromatic N) is 4. The standard InChI is InChI=1S/C25H24ClFN6/c1-32-8-10-33(11-9-32)7-3-2-4-17-12-24-20(14-23(17)29)25(18(15-28)16-30-24)31-19-5-6-22(27)21(26)13-19/h5-6,12-14,16H,3,7-11,29H2,1H3,(H,30,31). The number of likely N-dealkylation sites (N-methyl/N-ethyl adjacent to an activating group) is 1. The van der Waals surface area contributed by atoms with E-state index in [0.29, 0.717) is 39.1 Å². The van der Waals surface area contributed by atoms with E-state index in [-0.39, 0.29) is 5.02 Å². The van der Waals surface area contributed by atoms with E-state index in [1.54, 1.807) is 12.1 Å². The quantitative estimate of drug-likeness (QED) is 0.446. The van der Waals surface area contributed by atoms with E-state index >= 15 is 0 Å². The van der Waals surface area contributed by atoms with Crippen LogP contribution in [0.1, 0.15) is 17.5 Å². The molecule has 1 aliphatic rings. The largest absolute Gasteiger partial charge is 0.398 e. The van der Waals surface area contributed by atoms with Crippen molar-refractivity contribution in [2.24, 2.45) is 0 Å². The second-order valence-corrected chi connectivity index (χ2v) is 8.47. The summed E-state index contributed by atoms with van der Waals surface area (Å²) in [5.41, 5.74) is 9.59. The van der Waals surface area contributed by atoms with Crippen LogP contribution in [0.4, 0.5) is 21.5 Å². The number of piperazine rings is 1. The zero-order valence-corrected chi connectivity index (χ0v) is 19.1. The van der Waals surface area contributed by atoms with E-state index in [2.05, 4.69) is 45.1 Å². The van der Waals surface area contributed by atoms with Gasteiger partial charge in [-0.25, -0.2) is 4.39 Å². The normalized spacial score (nSPS) is 14.5. The minimum Gasteiger partial charge on any atom is -0.398 e. The minimum absolute atomic E-state index is 0.00878. The molecule has 0 unspecified atom stereocenters. The van der Waals surface area contributed by atoms with Crippen molar-refractivity contribution in [1.29, 1.82) is 5.26 Å². The van der Waals surface area contributed by atoms with Crippen LogP contribution in [0.2, 0.25) is 5.02 Å². The molecule has 1 aromatic heterocycles. The van der Waals surface area contributed by atoms with Crippen molar-refractivity contribution in [3.8, 4) is 17.9 Å². The number of nitrogens with two attached hydrogens (primary N) is 1. The molecule has 1 fully saturated rings. The molecular weight excluding hydrogens is 439 g/mol. The second kappa shape index (κ2) is 10.1. The first-order valence-corrected chi connectivity index (χ1v) is 11.1. The van der Waals surface area contributed by atoms with Crippen molar-refractivity contribution in [2.75, 3.05) is 50.8 Å². The first-order valence-electron chi connectivity index (χ1n) is 10.7. The molecule has 0 bridgehead atoms. The zero-order valence-electron chi connectivity index (χ0n) is 18.3. The van der Waals surface area contributed by atoms with Crippen molar-refractivity contribution in [3.63, 3.8) is 0 Å². The third-order valence-electron chi connectivity index (χ3n) is 5.72. The van der Waals surface area contributed by atoms with Crippen LogP contribution in [0.3, 0.4) is 0 Å². The van der Waals surface area contributed by atoms with Gasteiger partial charge in [-0.3, -0.25) is 9.88 Å². The summed E-state index contributed by atoms with van der Waals surface area (Å²) in [6, 6.07) is 10.0. The van der Waals surface area contributed by atoms with Crippen LogP contribution in [-0.2, 0) is 0 Å². The van der Waals surface area contributed by atoms with E-state index < -0.39 is 5.82 Å². The van der Waals surface area contributed by atoms with Gasteiger partial charge in [-0.15, -0.1) is 0 Å². The third kappa shape index (κ3) is 5.35. The highest BCUT2D eigenvalue weighted by molar-refractivity contribution is 6.31. The maximum absolute atomic E-state index is 13.5. The number of rotatable bonds is 4. The van der Waals surface area contributed by atoms with Gasteiger partial charge in [0.25, 0.3) is 0 Å². The Kier molecular flexibility index (Phi) is 6.96. The predicted molar refractivity (Wildman–Crippen MR) is 131 cm³/mol. The molecule has 3 aromatic rings. The Morgan fingerprint density at radius 1 is 1.18 bits per heavy atom. The van der Waals surface area contributed by atoms with Gasteiger partial charge in [-0.05, 0) is 37.4 Å². The molecular formula is C25H24ClFN6. The number of hydrogen-bond acceptors (Lipinski definition) is 6. The van der Waals surface area contributed by atoms with Gasteiger partial charge in [-0.2, -0.15) is 5.26 Å². The fraction of sp³-hybridized carbons (Fsp3) is 0.280. The summed E-state index contributed by atoms with van der Waals surface area (Å²) < 4.78 is 13.5. The molecule has 1 aliphatic heterocycles. The Balaban J connectivity index is 1.57. The highest BCUT2D eigenvalue weighted by Gasteiger charge is 2.14. The second-order valence-electron chi connectivity index (χ2n) is 8.07. The monoisotopic (exact) mass is 462 g/mol. The first-order chi connectivity index (χ1) is 15.9. The summed E-state index contributed by atoms with van der Waals surface area (Å²) in [5, 5.41) is 13.4. The van der Waals surface area contributed by atoms with E-state index in [0.717, 1.165) is 39.1 Å². The van der Waals surface area contributed by atoms with E-state index in [4.69, 9.17) is 17.3 Å². The van der Waals surface area contributed by atoms with Gasteiger partial charge in [-0.1, -0.05) is 23.4 Å². The number of hydrogen-bond donors (Lipinski definition) is 2. The van der Waals surface area contributed by atoms with Crippen LogP contribution in [0.15, 0.2) is 36.5 Å². The van der Waals surface area contributed by atoms with Crippen molar-refractivity contribution in [2.45, 2.75) is 6.42 Å². The molecule has 0 radical (unpaired) electrons. The fourth-order valence-electron chi connectivity index (χ4n) is 3.74. The molecule has 0 saturated carbocycles. The number of nitrogens with one attached hydrogen (secondary N) is 1. The van der Waals surface area contributed by atoms with Gasteiger partial charge in [0.15, 0.2) is 0 Å². The molecule has 8 heteroatoms. The van der Waals surface area contributed by atoms with Crippen molar-refractivity contribution in [1.82, 2.24) is 14.8 Å². The van der Waals surface area contributed by atoms with Crippen molar-refractivity contribution < 1.29 is 4.39 Å². The number of halogens is 2. The highest BCUT2D eigenvalue weighted by Crippen LogP contribution is 2.32. The highest BCUT2D eigenvalue weighted by atomic mass is 35.5. The molecule has 0 aliphatic carbocycles. The topological polar surface area (TPSA) is 81.2 Å². The molecule has 4 rings (SSSR count). The third-order valence-corrected chi connectivity index (χ3v) is 6.01. The lowest BCUT2D eigenvalue weighted by molar-refractivity contribution is 0.157. The summed E-state index contributed by atoms with van der Waals surface area (Å²) in [7, 11) is 2.14. The van der Waals surface area contributed by atoms with E-state index in [9.17, 15) is 9.65 Å². The molecule has 0 spiro atoms. The Morgan fingerprint density at radius 3 is 2.70 bits per heavy atom. The van der Waals surface area contributed by atoms with Gasteiger partial charge < -0.3 is 16.0 Å². The minimum atomic E-state index is -0.512. The Morgan fingerprint density at radius 2 is 1.97 bits per heavy atom. The SMILES string of the molecule is CN1CCN(CCC#Cc2cc3ncc(C#N)c(Nc4ccc(F)c(Cl)c4)c3cc2N)CC1. The number of aromatic nitrogens is 1. The van der Waals surface area contributed by atoms with Crippen LogP contribution in [-0.4, -0.2) is 54.6 Å². The summed E-state index contributed by atoms with van der Waals surface area (Å²) in [6.07, 6.45) is 2.26. The number of fused-ring (bicyclic) bond motifs is 1. The molecule has 33 heavy (non-hydrogen) atoms. The zero-order chi connectivity index (χ0) is 23.4. The smallest absolute Gasteiger partial charge is 0.141 e. The lowest BCUT2D eigenvalue weighted by atomic mass is 10.0. The lowest BCUT2D eigenvalue weighted by Crippen LogP contribution is -2.44. The fourth-order valence-corrected chi connectivity index (χ4v) is 3.93. The molecule has 0 amide bonds. The lowest BCUT2D eigenvalue weighted by Gasteiger charge is -2.31. The Labute approximate surface area is 197 Å². The molecule has 0 atom stereocenters. The molecule has 168 valence electrons. The maximum atomic E-state index is 13.5. The molecule has 2 heterocycles. The Hall–Kier alpha value is -3.36.